The van der Waals surface area contributed by atoms with Crippen molar-refractivity contribution in [3.63, 3.8) is 0 Å². The minimum Gasteiger partial charge on any atom is -0.465 e. The lowest BCUT2D eigenvalue weighted by atomic mass is 10.1. The highest BCUT2D eigenvalue weighted by atomic mass is 32.1. The monoisotopic (exact) mass is 340 g/mol. The number of hydrogen-bond acceptors (Lipinski definition) is 6. The van der Waals surface area contributed by atoms with Crippen molar-refractivity contribution in [1.29, 1.82) is 0 Å². The van der Waals surface area contributed by atoms with Crippen LogP contribution in [0.2, 0.25) is 0 Å². The molecule has 0 saturated carbocycles. The van der Waals surface area contributed by atoms with Crippen molar-refractivity contribution in [1.82, 2.24) is 19.2 Å². The number of thiophene rings is 1. The first-order chi connectivity index (χ1) is 11.7. The van der Waals surface area contributed by atoms with Gasteiger partial charge in [-0.3, -0.25) is 4.98 Å². The molecule has 0 aliphatic carbocycles. The number of carbonyl (C=O) groups is 1. The van der Waals surface area contributed by atoms with E-state index in [0.29, 0.717) is 10.5 Å². The lowest BCUT2D eigenvalue weighted by Gasteiger charge is -2.03. The summed E-state index contributed by atoms with van der Waals surface area (Å²) in [5.41, 5.74) is 0.918. The first-order valence-electron chi connectivity index (χ1n) is 7.17. The van der Waals surface area contributed by atoms with Crippen LogP contribution in [0.4, 0.5) is 0 Å². The zero-order valence-corrected chi connectivity index (χ0v) is 13.5. The molecule has 0 unspecified atom stereocenters. The highest BCUT2D eigenvalue weighted by Gasteiger charge is 2.20. The van der Waals surface area contributed by atoms with Crippen LogP contribution in [0.5, 0.6) is 0 Å². The zero-order valence-electron chi connectivity index (χ0n) is 12.7. The van der Waals surface area contributed by atoms with Crippen molar-refractivity contribution in [3.05, 3.63) is 63.8 Å². The number of esters is 1. The Balaban J connectivity index is 1.90. The van der Waals surface area contributed by atoms with Gasteiger partial charge in [0.05, 0.1) is 19.9 Å². The quantitative estimate of drug-likeness (QED) is 0.533. The van der Waals surface area contributed by atoms with Gasteiger partial charge in [0.25, 0.3) is 0 Å². The molecule has 0 spiro atoms. The van der Waals surface area contributed by atoms with Crippen LogP contribution in [-0.4, -0.2) is 32.2 Å². The van der Waals surface area contributed by atoms with Crippen molar-refractivity contribution < 1.29 is 9.53 Å². The Hall–Kier alpha value is -3.00. The Morgan fingerprint density at radius 1 is 1.33 bits per heavy atom. The van der Waals surface area contributed by atoms with E-state index < -0.39 is 5.97 Å². The van der Waals surface area contributed by atoms with Gasteiger partial charge in [0.2, 0.25) is 0 Å². The van der Waals surface area contributed by atoms with E-state index in [1.165, 1.54) is 39.9 Å². The molecule has 0 radical (unpaired) electrons. The molecular formula is C16H12N4O3S. The fraction of sp³-hybridized carbons (Fsp3) is 0.125. The molecular weight excluding hydrogens is 328 g/mol. The maximum Gasteiger partial charge on any atom is 0.350 e. The number of nitrogens with zero attached hydrogens (tertiary/aromatic N) is 4. The van der Waals surface area contributed by atoms with E-state index in [9.17, 15) is 9.59 Å². The summed E-state index contributed by atoms with van der Waals surface area (Å²) in [6.07, 6.45) is 4.61. The van der Waals surface area contributed by atoms with Crippen LogP contribution in [0.15, 0.2) is 47.7 Å². The number of aromatic nitrogens is 4. The Morgan fingerprint density at radius 2 is 2.17 bits per heavy atom. The lowest BCUT2D eigenvalue weighted by Crippen LogP contribution is -2.22. The molecule has 1 aromatic carbocycles. The first-order valence-corrected chi connectivity index (χ1v) is 7.98. The number of fused-ring (bicyclic) bond motifs is 2. The lowest BCUT2D eigenvalue weighted by molar-refractivity contribution is 0.0605. The van der Waals surface area contributed by atoms with Crippen molar-refractivity contribution >= 4 is 33.0 Å². The van der Waals surface area contributed by atoms with Crippen LogP contribution >= 0.6 is 11.3 Å². The van der Waals surface area contributed by atoms with Gasteiger partial charge >= 0.3 is 11.7 Å². The van der Waals surface area contributed by atoms with Gasteiger partial charge in [-0.05, 0) is 11.5 Å². The van der Waals surface area contributed by atoms with Crippen LogP contribution in [-0.2, 0) is 11.3 Å². The Morgan fingerprint density at radius 3 is 2.96 bits per heavy atom. The van der Waals surface area contributed by atoms with Gasteiger partial charge in [-0.25, -0.2) is 18.7 Å². The third-order valence-electron chi connectivity index (χ3n) is 3.77. The number of carbonyl (C=O) groups excluding carboxylic acids is 1. The molecule has 3 aromatic heterocycles. The summed E-state index contributed by atoms with van der Waals surface area (Å²) in [5.74, 6) is -0.412. The summed E-state index contributed by atoms with van der Waals surface area (Å²) >= 11 is 1.35. The van der Waals surface area contributed by atoms with Crippen molar-refractivity contribution in [2.75, 3.05) is 7.11 Å². The second kappa shape index (κ2) is 5.57. The molecule has 0 atom stereocenters. The summed E-state index contributed by atoms with van der Waals surface area (Å²) in [4.78, 5) is 29.0. The number of benzene rings is 1. The van der Waals surface area contributed by atoms with Crippen LogP contribution in [0.1, 0.15) is 15.2 Å². The fourth-order valence-electron chi connectivity index (χ4n) is 2.65. The van der Waals surface area contributed by atoms with E-state index in [0.717, 1.165) is 15.6 Å². The van der Waals surface area contributed by atoms with Gasteiger partial charge in [-0.2, -0.15) is 0 Å². The van der Waals surface area contributed by atoms with E-state index in [-0.39, 0.29) is 12.2 Å². The Kier molecular flexibility index (Phi) is 3.39. The molecule has 3 heterocycles. The van der Waals surface area contributed by atoms with Gasteiger partial charge in [0.1, 0.15) is 4.88 Å². The van der Waals surface area contributed by atoms with Crippen LogP contribution in [0, 0.1) is 0 Å². The fourth-order valence-corrected chi connectivity index (χ4v) is 3.78. The maximum absolute atomic E-state index is 12.5. The molecule has 0 aliphatic heterocycles. The predicted molar refractivity (Wildman–Crippen MR) is 89.5 cm³/mol. The molecule has 4 aromatic rings. The standard InChI is InChI=1S/C16H12N4O3S/c1-23-15(21)14-11(10-4-2-3-5-12(10)24-14)9-20-16(22)19-7-6-17-8-13(19)18-20/h2-8H,9H2,1H3. The van der Waals surface area contributed by atoms with Gasteiger partial charge in [-0.1, -0.05) is 18.2 Å². The van der Waals surface area contributed by atoms with Crippen molar-refractivity contribution in [2.24, 2.45) is 0 Å². The average Bonchev–Trinajstić information content (AvgIpc) is 3.14. The highest BCUT2D eigenvalue weighted by Crippen LogP contribution is 2.32. The molecule has 8 heteroatoms. The predicted octanol–water partition coefficient (Wildman–Crippen LogP) is 1.94. The van der Waals surface area contributed by atoms with Crippen LogP contribution < -0.4 is 5.69 Å². The van der Waals surface area contributed by atoms with E-state index in [1.54, 1.807) is 6.20 Å². The van der Waals surface area contributed by atoms with E-state index in [2.05, 4.69) is 10.1 Å². The summed E-state index contributed by atoms with van der Waals surface area (Å²) in [7, 11) is 1.35. The van der Waals surface area contributed by atoms with Crippen molar-refractivity contribution in [2.45, 2.75) is 6.54 Å². The third-order valence-corrected chi connectivity index (χ3v) is 4.96. The Labute approximate surface area is 139 Å². The van der Waals surface area contributed by atoms with Crippen molar-refractivity contribution in [3.8, 4) is 0 Å². The topological polar surface area (TPSA) is 78.5 Å². The minimum atomic E-state index is -0.412. The Bertz CT molecular complexity index is 1130. The summed E-state index contributed by atoms with van der Waals surface area (Å²) < 4.78 is 8.59. The molecule has 0 N–H and O–H groups in total. The van der Waals surface area contributed by atoms with Gasteiger partial charge in [0.15, 0.2) is 5.65 Å². The average molecular weight is 340 g/mol. The smallest absolute Gasteiger partial charge is 0.350 e. The minimum absolute atomic E-state index is 0.189. The molecule has 0 fully saturated rings. The second-order valence-corrected chi connectivity index (χ2v) is 6.19. The number of ether oxygens (including phenoxy) is 1. The molecule has 0 aliphatic rings. The SMILES string of the molecule is COC(=O)c1sc2ccccc2c1Cn1nc2cnccn2c1=O. The summed E-state index contributed by atoms with van der Waals surface area (Å²) in [6.45, 7) is 0.189. The van der Waals surface area contributed by atoms with E-state index in [1.807, 2.05) is 24.3 Å². The number of methoxy groups -OCH3 is 1. The second-order valence-electron chi connectivity index (χ2n) is 5.14. The molecule has 0 bridgehead atoms. The normalized spacial score (nSPS) is 11.2. The third kappa shape index (κ3) is 2.19. The number of hydrogen-bond donors (Lipinski definition) is 0. The van der Waals surface area contributed by atoms with Gasteiger partial charge in [0, 0.05) is 22.7 Å². The molecule has 4 rings (SSSR count). The number of rotatable bonds is 3. The summed E-state index contributed by atoms with van der Waals surface area (Å²) in [6, 6.07) is 7.67. The van der Waals surface area contributed by atoms with E-state index >= 15 is 0 Å². The molecule has 0 amide bonds. The molecule has 0 saturated heterocycles. The largest absolute Gasteiger partial charge is 0.465 e. The molecule has 7 nitrogen and oxygen atoms in total. The van der Waals surface area contributed by atoms with Gasteiger partial charge in [-0.15, -0.1) is 16.4 Å². The molecule has 120 valence electrons. The van der Waals surface area contributed by atoms with Crippen LogP contribution in [0.3, 0.4) is 0 Å². The first kappa shape index (κ1) is 14.6. The maximum atomic E-state index is 12.5. The molecule has 24 heavy (non-hydrogen) atoms. The van der Waals surface area contributed by atoms with Crippen LogP contribution in [0.25, 0.3) is 15.7 Å². The zero-order chi connectivity index (χ0) is 16.7. The highest BCUT2D eigenvalue weighted by molar-refractivity contribution is 7.21. The van der Waals surface area contributed by atoms with Gasteiger partial charge < -0.3 is 4.74 Å². The van der Waals surface area contributed by atoms with E-state index in [4.69, 9.17) is 4.74 Å². The summed E-state index contributed by atoms with van der Waals surface area (Å²) in [5, 5.41) is 5.20.